The van der Waals surface area contributed by atoms with E-state index in [4.69, 9.17) is 5.11 Å². The summed E-state index contributed by atoms with van der Waals surface area (Å²) in [6, 6.07) is 11.0. The molecule has 5 heteroatoms. The number of hydrogen-bond donors (Lipinski definition) is 2. The van der Waals surface area contributed by atoms with Crippen molar-refractivity contribution in [2.45, 2.75) is 26.2 Å². The lowest BCUT2D eigenvalue weighted by Crippen LogP contribution is -2.36. The molecule has 1 amide bonds. The third-order valence-electron chi connectivity index (χ3n) is 3.74. The Kier molecular flexibility index (Phi) is 4.79. The third-order valence-corrected chi connectivity index (χ3v) is 3.74. The van der Waals surface area contributed by atoms with E-state index < -0.39 is 5.97 Å². The number of carboxylic acids is 1. The monoisotopic (exact) mass is 312 g/mol. The lowest BCUT2D eigenvalue weighted by atomic mass is 9.84. The molecule has 0 aliphatic rings. The summed E-state index contributed by atoms with van der Waals surface area (Å²) in [4.78, 5) is 26.7. The first-order valence-corrected chi connectivity index (χ1v) is 7.34. The van der Waals surface area contributed by atoms with Crippen LogP contribution < -0.4 is 5.32 Å². The van der Waals surface area contributed by atoms with E-state index in [1.807, 2.05) is 25.1 Å². The smallest absolute Gasteiger partial charge is 0.354 e. The minimum atomic E-state index is -1.11. The Balaban J connectivity index is 2.04. The molecule has 0 bridgehead atoms. The highest BCUT2D eigenvalue weighted by Crippen LogP contribution is 2.23. The molecule has 5 nitrogen and oxygen atoms in total. The van der Waals surface area contributed by atoms with Crippen LogP contribution in [-0.2, 0) is 5.41 Å². The van der Waals surface area contributed by atoms with Gasteiger partial charge in [-0.1, -0.05) is 43.7 Å². The average molecular weight is 312 g/mol. The molecule has 2 N–H and O–H groups in total. The van der Waals surface area contributed by atoms with Crippen LogP contribution in [0.25, 0.3) is 0 Å². The van der Waals surface area contributed by atoms with Gasteiger partial charge < -0.3 is 10.4 Å². The standard InChI is InChI=1S/C18H20N2O3/c1-12-5-4-6-14(9-12)18(2,3)11-20-16(21)13-7-8-15(17(22)23)19-10-13/h4-10H,11H2,1-3H3,(H,20,21)(H,22,23). The number of amides is 1. The van der Waals surface area contributed by atoms with E-state index in [0.717, 1.165) is 5.56 Å². The summed E-state index contributed by atoms with van der Waals surface area (Å²) in [5.74, 6) is -1.38. The average Bonchev–Trinajstić information content (AvgIpc) is 2.53. The summed E-state index contributed by atoms with van der Waals surface area (Å²) >= 11 is 0. The number of aromatic nitrogens is 1. The van der Waals surface area contributed by atoms with Crippen LogP contribution >= 0.6 is 0 Å². The number of hydrogen-bond acceptors (Lipinski definition) is 3. The fourth-order valence-corrected chi connectivity index (χ4v) is 2.23. The highest BCUT2D eigenvalue weighted by Gasteiger charge is 2.22. The molecule has 0 fully saturated rings. The van der Waals surface area contributed by atoms with Crippen molar-refractivity contribution in [3.05, 3.63) is 65.0 Å². The zero-order valence-corrected chi connectivity index (χ0v) is 13.5. The highest BCUT2D eigenvalue weighted by molar-refractivity contribution is 5.94. The lowest BCUT2D eigenvalue weighted by molar-refractivity contribution is 0.0689. The van der Waals surface area contributed by atoms with Crippen LogP contribution in [0.3, 0.4) is 0 Å². The van der Waals surface area contributed by atoms with E-state index >= 15 is 0 Å². The minimum absolute atomic E-state index is 0.0818. The maximum atomic E-state index is 12.2. The third kappa shape index (κ3) is 4.16. The largest absolute Gasteiger partial charge is 0.477 e. The van der Waals surface area contributed by atoms with Gasteiger partial charge in [-0.05, 0) is 24.6 Å². The maximum Gasteiger partial charge on any atom is 0.354 e. The van der Waals surface area contributed by atoms with Gasteiger partial charge in [0.15, 0.2) is 0 Å². The number of carbonyl (C=O) groups is 2. The molecule has 0 radical (unpaired) electrons. The molecule has 2 aromatic rings. The van der Waals surface area contributed by atoms with Crippen LogP contribution in [0.2, 0.25) is 0 Å². The molecule has 2 rings (SSSR count). The second-order valence-corrected chi connectivity index (χ2v) is 6.17. The van der Waals surface area contributed by atoms with Gasteiger partial charge in [0.1, 0.15) is 5.69 Å². The Morgan fingerprint density at radius 3 is 2.52 bits per heavy atom. The summed E-state index contributed by atoms with van der Waals surface area (Å²) in [7, 11) is 0. The number of nitrogens with zero attached hydrogens (tertiary/aromatic N) is 1. The second-order valence-electron chi connectivity index (χ2n) is 6.17. The predicted molar refractivity (Wildman–Crippen MR) is 87.7 cm³/mol. The Hall–Kier alpha value is -2.69. The maximum absolute atomic E-state index is 12.2. The van der Waals surface area contributed by atoms with E-state index in [0.29, 0.717) is 12.1 Å². The van der Waals surface area contributed by atoms with E-state index in [1.165, 1.54) is 23.9 Å². The van der Waals surface area contributed by atoms with Gasteiger partial charge in [0.25, 0.3) is 5.91 Å². The van der Waals surface area contributed by atoms with Crippen molar-refractivity contribution < 1.29 is 14.7 Å². The highest BCUT2D eigenvalue weighted by atomic mass is 16.4. The van der Waals surface area contributed by atoms with Crippen molar-refractivity contribution in [3.63, 3.8) is 0 Å². The number of rotatable bonds is 5. The summed E-state index contributed by atoms with van der Waals surface area (Å²) in [6.45, 7) is 6.63. The van der Waals surface area contributed by atoms with Crippen LogP contribution in [0.1, 0.15) is 45.8 Å². The Morgan fingerprint density at radius 1 is 1.22 bits per heavy atom. The Labute approximate surface area is 135 Å². The molecule has 120 valence electrons. The first kappa shape index (κ1) is 16.7. The van der Waals surface area contributed by atoms with Crippen LogP contribution in [0.15, 0.2) is 42.6 Å². The molecule has 0 saturated carbocycles. The van der Waals surface area contributed by atoms with Crippen molar-refractivity contribution in [3.8, 4) is 0 Å². The quantitative estimate of drug-likeness (QED) is 0.889. The summed E-state index contributed by atoms with van der Waals surface area (Å²) < 4.78 is 0. The molecule has 0 spiro atoms. The molecular weight excluding hydrogens is 292 g/mol. The van der Waals surface area contributed by atoms with Gasteiger partial charge in [0.2, 0.25) is 0 Å². The van der Waals surface area contributed by atoms with Crippen molar-refractivity contribution >= 4 is 11.9 Å². The molecule has 1 aromatic heterocycles. The molecule has 1 aromatic carbocycles. The molecule has 0 atom stereocenters. The molecule has 0 aliphatic heterocycles. The topological polar surface area (TPSA) is 79.3 Å². The van der Waals surface area contributed by atoms with E-state index in [9.17, 15) is 9.59 Å². The fraction of sp³-hybridized carbons (Fsp3) is 0.278. The van der Waals surface area contributed by atoms with E-state index in [1.54, 1.807) is 0 Å². The van der Waals surface area contributed by atoms with Crippen LogP contribution in [0.4, 0.5) is 0 Å². The van der Waals surface area contributed by atoms with Gasteiger partial charge in [-0.25, -0.2) is 9.78 Å². The van der Waals surface area contributed by atoms with Crippen LogP contribution in [0, 0.1) is 6.92 Å². The molecule has 0 saturated heterocycles. The zero-order chi connectivity index (χ0) is 17.0. The number of aromatic carboxylic acids is 1. The number of benzene rings is 1. The van der Waals surface area contributed by atoms with Gasteiger partial charge in [-0.15, -0.1) is 0 Å². The summed E-state index contributed by atoms with van der Waals surface area (Å²) in [5, 5.41) is 11.7. The Morgan fingerprint density at radius 2 is 1.96 bits per heavy atom. The molecular formula is C18H20N2O3. The van der Waals surface area contributed by atoms with E-state index in [2.05, 4.69) is 30.2 Å². The Bertz CT molecular complexity index is 721. The minimum Gasteiger partial charge on any atom is -0.477 e. The lowest BCUT2D eigenvalue weighted by Gasteiger charge is -2.26. The van der Waals surface area contributed by atoms with Crippen molar-refractivity contribution in [1.29, 1.82) is 0 Å². The van der Waals surface area contributed by atoms with Crippen molar-refractivity contribution in [2.75, 3.05) is 6.54 Å². The first-order chi connectivity index (χ1) is 10.8. The molecule has 0 unspecified atom stereocenters. The van der Waals surface area contributed by atoms with Gasteiger partial charge in [-0.3, -0.25) is 4.79 Å². The molecule has 1 heterocycles. The van der Waals surface area contributed by atoms with Gasteiger partial charge in [0.05, 0.1) is 5.56 Å². The predicted octanol–water partition coefficient (Wildman–Crippen LogP) is 2.80. The van der Waals surface area contributed by atoms with Crippen molar-refractivity contribution in [2.24, 2.45) is 0 Å². The van der Waals surface area contributed by atoms with Crippen molar-refractivity contribution in [1.82, 2.24) is 10.3 Å². The number of nitrogens with one attached hydrogen (secondary N) is 1. The molecule has 0 aliphatic carbocycles. The van der Waals surface area contributed by atoms with Crippen LogP contribution in [-0.4, -0.2) is 28.5 Å². The fourth-order valence-electron chi connectivity index (χ4n) is 2.23. The number of carbonyl (C=O) groups excluding carboxylic acids is 1. The van der Waals surface area contributed by atoms with Gasteiger partial charge >= 0.3 is 5.97 Å². The van der Waals surface area contributed by atoms with E-state index in [-0.39, 0.29) is 17.0 Å². The van der Waals surface area contributed by atoms with Gasteiger partial charge in [-0.2, -0.15) is 0 Å². The second kappa shape index (κ2) is 6.60. The number of aryl methyl sites for hydroxylation is 1. The first-order valence-electron chi connectivity index (χ1n) is 7.34. The normalized spacial score (nSPS) is 11.1. The SMILES string of the molecule is Cc1cccc(C(C)(C)CNC(=O)c2ccc(C(=O)O)nc2)c1. The summed E-state index contributed by atoms with van der Waals surface area (Å²) in [6.07, 6.45) is 1.28. The molecule has 23 heavy (non-hydrogen) atoms. The zero-order valence-electron chi connectivity index (χ0n) is 13.5. The summed E-state index contributed by atoms with van der Waals surface area (Å²) in [5.41, 5.74) is 2.38. The number of pyridine rings is 1. The number of carboxylic acid groups (broad SMARTS) is 1. The van der Waals surface area contributed by atoms with Gasteiger partial charge in [0, 0.05) is 18.2 Å². The van der Waals surface area contributed by atoms with Crippen LogP contribution in [0.5, 0.6) is 0 Å².